The maximum absolute atomic E-state index is 14.6. The molecule has 1 heterocycles. The number of hydrogen-bond donors (Lipinski definition) is 0. The van der Waals surface area contributed by atoms with Gasteiger partial charge in [0.2, 0.25) is 0 Å². The molecule has 1 atom stereocenters. The van der Waals surface area contributed by atoms with Crippen molar-refractivity contribution in [2.24, 2.45) is 11.1 Å². The van der Waals surface area contributed by atoms with Gasteiger partial charge in [0.25, 0.3) is 0 Å². The van der Waals surface area contributed by atoms with Gasteiger partial charge in [-0.05, 0) is 80.3 Å². The molecule has 0 amide bonds. The lowest BCUT2D eigenvalue weighted by Gasteiger charge is -2.19. The molecular weight excluding hydrogens is 604 g/mol. The van der Waals surface area contributed by atoms with Crippen LogP contribution in [0.2, 0.25) is 0 Å². The lowest BCUT2D eigenvalue weighted by molar-refractivity contribution is -0.140. The Morgan fingerprint density at radius 3 is 2.12 bits per heavy atom. The molecule has 5 nitrogen and oxygen atoms in total. The van der Waals surface area contributed by atoms with Crippen molar-refractivity contribution < 1.29 is 14.4 Å². The smallest absolute Gasteiger partial charge is 0.332 e. The number of hydrogen-bond acceptors (Lipinski definition) is 4. The highest BCUT2D eigenvalue weighted by atomic mass is 16.7. The summed E-state index contributed by atoms with van der Waals surface area (Å²) in [5.41, 5.74) is 10.2. The third-order valence-corrected chi connectivity index (χ3v) is 9.94. The molecule has 0 radical (unpaired) electrons. The molecule has 0 saturated carbocycles. The quantitative estimate of drug-likeness (QED) is 0.0607. The summed E-state index contributed by atoms with van der Waals surface area (Å²) in [6, 6.07) is 29.0. The minimum atomic E-state index is -0.474. The van der Waals surface area contributed by atoms with Crippen molar-refractivity contribution in [3.05, 3.63) is 129 Å². The largest absolute Gasteiger partial charge is 0.340 e. The van der Waals surface area contributed by atoms with Gasteiger partial charge in [0.1, 0.15) is 5.71 Å². The van der Waals surface area contributed by atoms with Crippen LogP contribution in [0, 0.1) is 33.6 Å². The molecule has 6 aromatic rings. The molecule has 1 unspecified atom stereocenters. The molecule has 5 heteroatoms. The van der Waals surface area contributed by atoms with E-state index in [-0.39, 0.29) is 5.78 Å². The highest BCUT2D eigenvalue weighted by Gasteiger charge is 2.24. The second kappa shape index (κ2) is 14.2. The SMILES string of the molecule is CCCCC(CC)Cn1c2ccc(C(=NOC(C)=O)c3ccccc3C)cc2c2cc(C(=O)c3c(C)cc(C)cc3C)c3ccccc3c21. The third kappa shape index (κ3) is 6.55. The molecule has 6 rings (SSSR count). The topological polar surface area (TPSA) is 60.7 Å². The molecule has 5 aromatic carbocycles. The number of fused-ring (bicyclic) bond motifs is 5. The van der Waals surface area contributed by atoms with Crippen molar-refractivity contribution in [1.82, 2.24) is 4.57 Å². The zero-order valence-electron chi connectivity index (χ0n) is 29.8. The predicted octanol–water partition coefficient (Wildman–Crippen LogP) is 10.9. The number of benzene rings is 5. The van der Waals surface area contributed by atoms with E-state index < -0.39 is 5.97 Å². The van der Waals surface area contributed by atoms with E-state index >= 15 is 0 Å². The highest BCUT2D eigenvalue weighted by molar-refractivity contribution is 6.27. The van der Waals surface area contributed by atoms with E-state index in [1.165, 1.54) is 26.2 Å². The number of oxime groups is 1. The number of aryl methyl sites for hydroxylation is 4. The first-order chi connectivity index (χ1) is 23.6. The number of rotatable bonds is 11. The Morgan fingerprint density at radius 1 is 0.755 bits per heavy atom. The van der Waals surface area contributed by atoms with E-state index in [9.17, 15) is 9.59 Å². The average molecular weight is 651 g/mol. The number of aromatic nitrogens is 1. The first-order valence-electron chi connectivity index (χ1n) is 17.5. The molecule has 1 aromatic heterocycles. The van der Waals surface area contributed by atoms with Crippen LogP contribution in [0.15, 0.2) is 90.1 Å². The number of unbranched alkanes of at least 4 members (excludes halogenated alkanes) is 1. The van der Waals surface area contributed by atoms with Gasteiger partial charge >= 0.3 is 5.97 Å². The maximum atomic E-state index is 14.6. The summed E-state index contributed by atoms with van der Waals surface area (Å²) in [6.45, 7) is 14.9. The lowest BCUT2D eigenvalue weighted by Crippen LogP contribution is -2.11. The van der Waals surface area contributed by atoms with Gasteiger partial charge in [-0.15, -0.1) is 0 Å². The molecule has 0 saturated heterocycles. The number of carbonyl (C=O) groups excluding carboxylic acids is 2. The number of nitrogens with zero attached hydrogens (tertiary/aromatic N) is 2. The van der Waals surface area contributed by atoms with Crippen molar-refractivity contribution in [3.8, 4) is 0 Å². The van der Waals surface area contributed by atoms with E-state index in [1.807, 2.05) is 51.1 Å². The van der Waals surface area contributed by atoms with Crippen molar-refractivity contribution in [2.75, 3.05) is 0 Å². The van der Waals surface area contributed by atoms with Gasteiger partial charge < -0.3 is 9.40 Å². The zero-order chi connectivity index (χ0) is 34.8. The zero-order valence-corrected chi connectivity index (χ0v) is 29.8. The average Bonchev–Trinajstić information content (AvgIpc) is 3.38. The Kier molecular flexibility index (Phi) is 9.82. The van der Waals surface area contributed by atoms with Crippen LogP contribution >= 0.6 is 0 Å². The summed E-state index contributed by atoms with van der Waals surface area (Å²) >= 11 is 0. The van der Waals surface area contributed by atoms with Gasteiger partial charge in [-0.1, -0.05) is 111 Å². The second-order valence-electron chi connectivity index (χ2n) is 13.6. The molecule has 0 fully saturated rings. The molecule has 0 N–H and O–H groups in total. The third-order valence-electron chi connectivity index (χ3n) is 9.94. The van der Waals surface area contributed by atoms with E-state index in [2.05, 4.69) is 85.1 Å². The molecule has 0 aliphatic carbocycles. The van der Waals surface area contributed by atoms with Crippen LogP contribution in [0.1, 0.15) is 95.8 Å². The first kappa shape index (κ1) is 33.9. The predicted molar refractivity (Wildman–Crippen MR) is 203 cm³/mol. The van der Waals surface area contributed by atoms with Crippen LogP contribution in [-0.4, -0.2) is 22.0 Å². The minimum absolute atomic E-state index is 0.0385. The summed E-state index contributed by atoms with van der Waals surface area (Å²) in [6.07, 6.45) is 4.62. The number of carbonyl (C=O) groups is 2. The Morgan fingerprint density at radius 2 is 1.45 bits per heavy atom. The Labute approximate surface area is 289 Å². The summed E-state index contributed by atoms with van der Waals surface area (Å²) in [5.74, 6) is 0.0822. The van der Waals surface area contributed by atoms with Crippen molar-refractivity contribution in [3.63, 3.8) is 0 Å². The molecular formula is C44H46N2O3. The fourth-order valence-electron chi connectivity index (χ4n) is 7.54. The molecule has 250 valence electrons. The van der Waals surface area contributed by atoms with Crippen LogP contribution in [-0.2, 0) is 16.2 Å². The van der Waals surface area contributed by atoms with Crippen LogP contribution in [0.5, 0.6) is 0 Å². The normalized spacial score (nSPS) is 12.6. The van der Waals surface area contributed by atoms with Crippen LogP contribution in [0.3, 0.4) is 0 Å². The van der Waals surface area contributed by atoms with Crippen LogP contribution < -0.4 is 0 Å². The van der Waals surface area contributed by atoms with Gasteiger partial charge in [0.15, 0.2) is 5.78 Å². The van der Waals surface area contributed by atoms with Crippen LogP contribution in [0.4, 0.5) is 0 Å². The number of ketones is 1. The second-order valence-corrected chi connectivity index (χ2v) is 13.6. The molecule has 49 heavy (non-hydrogen) atoms. The van der Waals surface area contributed by atoms with Crippen molar-refractivity contribution in [1.29, 1.82) is 0 Å². The van der Waals surface area contributed by atoms with Crippen molar-refractivity contribution >= 4 is 50.0 Å². The Balaban J connectivity index is 1.68. The minimum Gasteiger partial charge on any atom is -0.340 e. The summed E-state index contributed by atoms with van der Waals surface area (Å²) < 4.78 is 2.48. The molecule has 0 bridgehead atoms. The lowest BCUT2D eigenvalue weighted by atomic mass is 9.89. The molecule has 0 aliphatic heterocycles. The monoisotopic (exact) mass is 650 g/mol. The van der Waals surface area contributed by atoms with Gasteiger partial charge in [-0.25, -0.2) is 4.79 Å². The summed E-state index contributed by atoms with van der Waals surface area (Å²) in [4.78, 5) is 31.8. The van der Waals surface area contributed by atoms with E-state index in [4.69, 9.17) is 4.84 Å². The fourth-order valence-corrected chi connectivity index (χ4v) is 7.54. The fraction of sp³-hybridized carbons (Fsp3) is 0.295. The standard InChI is InChI=1S/C44H46N2O3/c1-8-10-16-32(9-2)26-46-40-21-20-33(42(45-49-31(7)47)34-17-12-11-15-28(34)4)24-37(40)38-25-39(35-18-13-14-19-36(35)43(38)46)44(48)41-29(5)22-27(3)23-30(41)6/h11-15,17-25,32H,8-10,16,26H2,1-7H3. The maximum Gasteiger partial charge on any atom is 0.332 e. The van der Waals surface area contributed by atoms with Gasteiger partial charge in [0.05, 0.1) is 5.52 Å². The van der Waals surface area contributed by atoms with Crippen molar-refractivity contribution in [2.45, 2.75) is 80.7 Å². The molecule has 0 spiro atoms. The Bertz CT molecular complexity index is 2230. The van der Waals surface area contributed by atoms with Gasteiger partial charge in [0, 0.05) is 57.4 Å². The van der Waals surface area contributed by atoms with Gasteiger partial charge in [-0.2, -0.15) is 0 Å². The van der Waals surface area contributed by atoms with E-state index in [0.717, 1.165) is 84.5 Å². The van der Waals surface area contributed by atoms with E-state index in [0.29, 0.717) is 17.2 Å². The van der Waals surface area contributed by atoms with E-state index in [1.54, 1.807) is 0 Å². The molecule has 0 aliphatic rings. The summed E-state index contributed by atoms with van der Waals surface area (Å²) in [7, 11) is 0. The highest BCUT2D eigenvalue weighted by Crippen LogP contribution is 2.39. The summed E-state index contributed by atoms with van der Waals surface area (Å²) in [5, 5.41) is 8.48. The van der Waals surface area contributed by atoms with Crippen LogP contribution in [0.25, 0.3) is 32.6 Å². The first-order valence-corrected chi connectivity index (χ1v) is 17.5. The van der Waals surface area contributed by atoms with Gasteiger partial charge in [-0.3, -0.25) is 4.79 Å². The Hall–Kier alpha value is -5.03.